The van der Waals surface area contributed by atoms with Gasteiger partial charge in [0.1, 0.15) is 5.15 Å². The molecular formula is C11H20ClN3O2S. The highest BCUT2D eigenvalue weighted by molar-refractivity contribution is 7.89. The maximum absolute atomic E-state index is 12.0. The number of halogens is 1. The van der Waals surface area contributed by atoms with Crippen molar-refractivity contribution >= 4 is 21.6 Å². The summed E-state index contributed by atoms with van der Waals surface area (Å²) in [5.74, 6) is 0. The van der Waals surface area contributed by atoms with Gasteiger partial charge in [-0.15, -0.1) is 0 Å². The quantitative estimate of drug-likeness (QED) is 0.785. The number of aromatic nitrogens is 2. The fourth-order valence-electron chi connectivity index (χ4n) is 1.65. The Hall–Kier alpha value is -0.590. The van der Waals surface area contributed by atoms with Gasteiger partial charge in [0.05, 0.1) is 6.33 Å². The molecular weight excluding hydrogens is 274 g/mol. The van der Waals surface area contributed by atoms with E-state index in [4.69, 9.17) is 11.6 Å². The summed E-state index contributed by atoms with van der Waals surface area (Å²) < 4.78 is 28.1. The van der Waals surface area contributed by atoms with Gasteiger partial charge < -0.3 is 4.57 Å². The van der Waals surface area contributed by atoms with E-state index in [1.54, 1.807) is 7.05 Å². The van der Waals surface area contributed by atoms with Crippen LogP contribution in [0.2, 0.25) is 5.15 Å². The molecule has 1 aromatic heterocycles. The van der Waals surface area contributed by atoms with Gasteiger partial charge in [-0.1, -0.05) is 37.8 Å². The summed E-state index contributed by atoms with van der Waals surface area (Å²) in [6, 6.07) is -0.111. The Balaban J connectivity index is 2.68. The lowest BCUT2D eigenvalue weighted by Crippen LogP contribution is -2.33. The van der Waals surface area contributed by atoms with Gasteiger partial charge in [0.25, 0.3) is 10.0 Å². The van der Waals surface area contributed by atoms with Gasteiger partial charge in [-0.05, 0) is 13.3 Å². The van der Waals surface area contributed by atoms with Crippen LogP contribution in [0.4, 0.5) is 0 Å². The minimum Gasteiger partial charge on any atom is -0.324 e. The number of sulfonamides is 1. The largest absolute Gasteiger partial charge is 0.324 e. The van der Waals surface area contributed by atoms with E-state index in [9.17, 15) is 8.42 Å². The van der Waals surface area contributed by atoms with Crippen LogP contribution in [0.15, 0.2) is 11.4 Å². The van der Waals surface area contributed by atoms with Crippen LogP contribution < -0.4 is 4.72 Å². The third-order valence-electron chi connectivity index (χ3n) is 2.69. The van der Waals surface area contributed by atoms with Gasteiger partial charge in [-0.2, -0.15) is 0 Å². The summed E-state index contributed by atoms with van der Waals surface area (Å²) in [4.78, 5) is 3.82. The maximum atomic E-state index is 12.0. The van der Waals surface area contributed by atoms with Gasteiger partial charge in [0.2, 0.25) is 5.03 Å². The number of imidazole rings is 1. The van der Waals surface area contributed by atoms with Crippen LogP contribution in [0.1, 0.15) is 39.5 Å². The van der Waals surface area contributed by atoms with E-state index in [0.29, 0.717) is 0 Å². The van der Waals surface area contributed by atoms with Gasteiger partial charge in [0.15, 0.2) is 0 Å². The first-order valence-electron chi connectivity index (χ1n) is 6.07. The first-order valence-corrected chi connectivity index (χ1v) is 7.93. The molecule has 7 heteroatoms. The second-order valence-corrected chi connectivity index (χ2v) is 6.46. The lowest BCUT2D eigenvalue weighted by atomic mass is 10.1. The first kappa shape index (κ1) is 15.5. The molecule has 18 heavy (non-hydrogen) atoms. The van der Waals surface area contributed by atoms with Crippen molar-refractivity contribution in [1.29, 1.82) is 0 Å². The monoisotopic (exact) mass is 293 g/mol. The van der Waals surface area contributed by atoms with Crippen molar-refractivity contribution in [2.24, 2.45) is 7.05 Å². The molecule has 1 heterocycles. The van der Waals surface area contributed by atoms with E-state index >= 15 is 0 Å². The van der Waals surface area contributed by atoms with Crippen LogP contribution in [0.5, 0.6) is 0 Å². The highest BCUT2D eigenvalue weighted by Crippen LogP contribution is 2.19. The van der Waals surface area contributed by atoms with Crippen LogP contribution >= 0.6 is 11.6 Å². The Bertz CT molecular complexity index is 484. The van der Waals surface area contributed by atoms with E-state index in [2.05, 4.69) is 16.6 Å². The third kappa shape index (κ3) is 3.96. The number of nitrogens with zero attached hydrogens (tertiary/aromatic N) is 2. The molecule has 0 aliphatic rings. The zero-order valence-corrected chi connectivity index (χ0v) is 12.6. The molecule has 1 atom stereocenters. The predicted molar refractivity (Wildman–Crippen MR) is 72.1 cm³/mol. The molecule has 0 amide bonds. The number of rotatable bonds is 7. The predicted octanol–water partition coefficient (Wildman–Crippen LogP) is 2.32. The standard InChI is InChI=1S/C11H20ClN3O2S/c1-4-5-6-7-9(2)14-18(16,17)11-10(12)15(3)8-13-11/h8-9,14H,4-7H2,1-3H3. The number of nitrogens with one attached hydrogen (secondary N) is 1. The van der Waals surface area contributed by atoms with Crippen LogP contribution in [0, 0.1) is 0 Å². The molecule has 0 aromatic carbocycles. The molecule has 0 fully saturated rings. The molecule has 0 aliphatic carbocycles. The van der Waals surface area contributed by atoms with E-state index in [1.807, 2.05) is 6.92 Å². The van der Waals surface area contributed by atoms with E-state index in [0.717, 1.165) is 25.7 Å². The maximum Gasteiger partial charge on any atom is 0.261 e. The molecule has 1 N–H and O–H groups in total. The first-order chi connectivity index (χ1) is 8.38. The highest BCUT2D eigenvalue weighted by Gasteiger charge is 2.23. The molecule has 0 bridgehead atoms. The van der Waals surface area contributed by atoms with Crippen LogP contribution in [0.25, 0.3) is 0 Å². The van der Waals surface area contributed by atoms with Gasteiger partial charge in [-0.25, -0.2) is 18.1 Å². The third-order valence-corrected chi connectivity index (χ3v) is 4.76. The molecule has 1 rings (SSSR count). The van der Waals surface area contributed by atoms with E-state index in [-0.39, 0.29) is 16.2 Å². The minimum absolute atomic E-state index is 0.103. The van der Waals surface area contributed by atoms with Gasteiger partial charge in [-0.3, -0.25) is 0 Å². The molecule has 0 radical (unpaired) electrons. The second kappa shape index (κ2) is 6.54. The van der Waals surface area contributed by atoms with Crippen LogP contribution in [-0.4, -0.2) is 24.0 Å². The summed E-state index contributed by atoms with van der Waals surface area (Å²) in [5.41, 5.74) is 0. The van der Waals surface area contributed by atoms with E-state index in [1.165, 1.54) is 10.9 Å². The molecule has 0 spiro atoms. The minimum atomic E-state index is -3.62. The number of hydrogen-bond acceptors (Lipinski definition) is 3. The lowest BCUT2D eigenvalue weighted by molar-refractivity contribution is 0.525. The molecule has 1 aromatic rings. The summed E-state index contributed by atoms with van der Waals surface area (Å²) >= 11 is 5.88. The smallest absolute Gasteiger partial charge is 0.261 e. The van der Waals surface area contributed by atoms with Crippen molar-refractivity contribution in [2.45, 2.75) is 50.6 Å². The van der Waals surface area contributed by atoms with Crippen molar-refractivity contribution in [3.8, 4) is 0 Å². The zero-order chi connectivity index (χ0) is 13.8. The van der Waals surface area contributed by atoms with Crippen LogP contribution in [-0.2, 0) is 17.1 Å². The normalized spacial score (nSPS) is 13.8. The average molecular weight is 294 g/mol. The topological polar surface area (TPSA) is 64.0 Å². The molecule has 0 aliphatic heterocycles. The molecule has 5 nitrogen and oxygen atoms in total. The molecule has 0 saturated carbocycles. The summed E-state index contributed by atoms with van der Waals surface area (Å²) in [7, 11) is -1.97. The fourth-order valence-corrected chi connectivity index (χ4v) is 3.36. The molecule has 104 valence electrons. The summed E-state index contributed by atoms with van der Waals surface area (Å²) in [6.07, 6.45) is 5.44. The number of hydrogen-bond donors (Lipinski definition) is 1. The van der Waals surface area contributed by atoms with Crippen molar-refractivity contribution in [3.05, 3.63) is 11.5 Å². The van der Waals surface area contributed by atoms with Gasteiger partial charge in [0, 0.05) is 13.1 Å². The summed E-state index contributed by atoms with van der Waals surface area (Å²) in [5, 5.41) is 0.0252. The lowest BCUT2D eigenvalue weighted by Gasteiger charge is -2.12. The summed E-state index contributed by atoms with van der Waals surface area (Å²) in [6.45, 7) is 3.96. The average Bonchev–Trinajstić information content (AvgIpc) is 2.60. The van der Waals surface area contributed by atoms with Crippen molar-refractivity contribution in [2.75, 3.05) is 0 Å². The Morgan fingerprint density at radius 1 is 1.50 bits per heavy atom. The number of aryl methyl sites for hydroxylation is 1. The van der Waals surface area contributed by atoms with Crippen molar-refractivity contribution in [3.63, 3.8) is 0 Å². The second-order valence-electron chi connectivity index (χ2n) is 4.47. The van der Waals surface area contributed by atoms with Gasteiger partial charge >= 0.3 is 0 Å². The fraction of sp³-hybridized carbons (Fsp3) is 0.727. The Kier molecular flexibility index (Phi) is 5.62. The highest BCUT2D eigenvalue weighted by atomic mass is 35.5. The molecule has 1 unspecified atom stereocenters. The van der Waals surface area contributed by atoms with Crippen molar-refractivity contribution < 1.29 is 8.42 Å². The Morgan fingerprint density at radius 2 is 2.17 bits per heavy atom. The number of unbranched alkanes of at least 4 members (excludes halogenated alkanes) is 2. The van der Waals surface area contributed by atoms with E-state index < -0.39 is 10.0 Å². The molecule has 0 saturated heterocycles. The van der Waals surface area contributed by atoms with Crippen molar-refractivity contribution in [1.82, 2.24) is 14.3 Å². The Morgan fingerprint density at radius 3 is 2.67 bits per heavy atom. The van der Waals surface area contributed by atoms with Crippen LogP contribution in [0.3, 0.4) is 0 Å². The Labute approximate surface area is 114 Å². The SMILES string of the molecule is CCCCCC(C)NS(=O)(=O)c1ncn(C)c1Cl. The zero-order valence-electron chi connectivity index (χ0n) is 11.0.